The van der Waals surface area contributed by atoms with Crippen LogP contribution in [0.4, 0.5) is 0 Å². The van der Waals surface area contributed by atoms with Gasteiger partial charge in [0.1, 0.15) is 6.08 Å². The summed E-state index contributed by atoms with van der Waals surface area (Å²) in [6.07, 6.45) is 8.70. The molecule has 0 bridgehead atoms. The molecule has 0 aromatic heterocycles. The van der Waals surface area contributed by atoms with Gasteiger partial charge < -0.3 is 4.74 Å². The van der Waals surface area contributed by atoms with Crippen molar-refractivity contribution in [3.63, 3.8) is 0 Å². The first-order chi connectivity index (χ1) is 4.86. The van der Waals surface area contributed by atoms with Gasteiger partial charge in [-0.15, -0.1) is 0 Å². The third-order valence-corrected chi connectivity index (χ3v) is 1.62. The Hall–Kier alpha value is -0.720. The molecule has 10 heavy (non-hydrogen) atoms. The molecule has 2 heteroatoms. The number of rotatable bonds is 2. The van der Waals surface area contributed by atoms with E-state index in [4.69, 9.17) is 4.74 Å². The number of methoxy groups -OCH3 is 1. The van der Waals surface area contributed by atoms with Crippen LogP contribution in [0.5, 0.6) is 0 Å². The summed E-state index contributed by atoms with van der Waals surface area (Å²) < 4.78 is 4.93. The number of ether oxygens (including phenoxy) is 1. The van der Waals surface area contributed by atoms with Gasteiger partial charge in [-0.1, -0.05) is 0 Å². The fourth-order valence-electron chi connectivity index (χ4n) is 0.668. The van der Waals surface area contributed by atoms with Gasteiger partial charge in [-0.3, -0.25) is 0 Å². The van der Waals surface area contributed by atoms with Crippen molar-refractivity contribution in [3.8, 4) is 0 Å². The second-order valence-electron chi connectivity index (χ2n) is 1.92. The summed E-state index contributed by atoms with van der Waals surface area (Å²) in [5.41, 5.74) is 1.16. The van der Waals surface area contributed by atoms with Gasteiger partial charge in [0.2, 0.25) is 0 Å². The van der Waals surface area contributed by atoms with Crippen LogP contribution in [0.3, 0.4) is 0 Å². The standard InChI is InChI=1S/C8H8OS/c1-9-8-4-2-7(6-10)3-5-8/h2-4H,6H2,1H3/p+1. The van der Waals surface area contributed by atoms with Gasteiger partial charge in [0.05, 0.1) is 36.7 Å². The van der Waals surface area contributed by atoms with Gasteiger partial charge in [0.15, 0.2) is 0 Å². The SMILES string of the molecule is COC1=[C+]C=C(CS)C=C1. The van der Waals surface area contributed by atoms with Gasteiger partial charge in [-0.25, -0.2) is 0 Å². The van der Waals surface area contributed by atoms with E-state index >= 15 is 0 Å². The third-order valence-electron chi connectivity index (χ3n) is 1.25. The van der Waals surface area contributed by atoms with Crippen LogP contribution in [0.25, 0.3) is 0 Å². The molecule has 52 valence electrons. The number of thiol groups is 1. The first kappa shape index (κ1) is 7.39. The summed E-state index contributed by atoms with van der Waals surface area (Å²) in [5.74, 6) is 1.52. The van der Waals surface area contributed by atoms with Crippen molar-refractivity contribution >= 4 is 12.6 Å². The molecule has 0 saturated heterocycles. The van der Waals surface area contributed by atoms with Gasteiger partial charge >= 0.3 is 0 Å². The van der Waals surface area contributed by atoms with E-state index < -0.39 is 0 Å². The summed E-state index contributed by atoms with van der Waals surface area (Å²) in [6.45, 7) is 0. The molecule has 1 aliphatic rings. The molecular formula is C8H9OS+. The van der Waals surface area contributed by atoms with Crippen molar-refractivity contribution in [2.45, 2.75) is 0 Å². The average molecular weight is 153 g/mol. The van der Waals surface area contributed by atoms with Gasteiger partial charge in [-0.05, 0) is 0 Å². The summed E-state index contributed by atoms with van der Waals surface area (Å²) >= 11 is 4.11. The maximum Gasteiger partial charge on any atom is 0.289 e. The van der Waals surface area contributed by atoms with Gasteiger partial charge in [0, 0.05) is 0 Å². The normalized spacial score (nSPS) is 15.4. The molecular weight excluding hydrogens is 144 g/mol. The lowest BCUT2D eigenvalue weighted by Crippen LogP contribution is -1.89. The zero-order chi connectivity index (χ0) is 7.40. The topological polar surface area (TPSA) is 9.23 Å². The molecule has 0 amide bonds. The van der Waals surface area contributed by atoms with Crippen molar-refractivity contribution in [3.05, 3.63) is 35.6 Å². The largest absolute Gasteiger partial charge is 0.469 e. The highest BCUT2D eigenvalue weighted by atomic mass is 32.1. The smallest absolute Gasteiger partial charge is 0.289 e. The second kappa shape index (κ2) is 3.45. The summed E-state index contributed by atoms with van der Waals surface area (Å²) in [6, 6.07) is 0. The van der Waals surface area contributed by atoms with E-state index in [9.17, 15) is 0 Å². The zero-order valence-electron chi connectivity index (χ0n) is 5.79. The van der Waals surface area contributed by atoms with Crippen molar-refractivity contribution in [1.29, 1.82) is 0 Å². The Kier molecular flexibility index (Phi) is 2.55. The Labute approximate surface area is 66.5 Å². The van der Waals surface area contributed by atoms with Gasteiger partial charge in [0.25, 0.3) is 5.76 Å². The zero-order valence-corrected chi connectivity index (χ0v) is 6.69. The molecule has 0 aromatic rings. The lowest BCUT2D eigenvalue weighted by Gasteiger charge is -1.94. The lowest BCUT2D eigenvalue weighted by molar-refractivity contribution is 0.304. The van der Waals surface area contributed by atoms with Crippen LogP contribution in [-0.2, 0) is 4.74 Å². The monoisotopic (exact) mass is 153 g/mol. The van der Waals surface area contributed by atoms with E-state index in [1.807, 2.05) is 18.2 Å². The number of allylic oxidation sites excluding steroid dienone is 4. The highest BCUT2D eigenvalue weighted by Crippen LogP contribution is 2.10. The van der Waals surface area contributed by atoms with E-state index in [2.05, 4.69) is 18.7 Å². The summed E-state index contributed by atoms with van der Waals surface area (Å²) in [4.78, 5) is 0. The fraction of sp³-hybridized carbons (Fsp3) is 0.250. The molecule has 0 unspecified atom stereocenters. The highest BCUT2D eigenvalue weighted by molar-refractivity contribution is 7.80. The Balaban J connectivity index is 2.68. The molecule has 0 N–H and O–H groups in total. The first-order valence-corrected chi connectivity index (χ1v) is 3.65. The highest BCUT2D eigenvalue weighted by Gasteiger charge is 2.06. The quantitative estimate of drug-likeness (QED) is 0.469. The van der Waals surface area contributed by atoms with Crippen LogP contribution < -0.4 is 0 Å². The summed E-state index contributed by atoms with van der Waals surface area (Å²) in [7, 11) is 1.63. The lowest BCUT2D eigenvalue weighted by atomic mass is 10.2. The van der Waals surface area contributed by atoms with E-state index in [0.29, 0.717) is 0 Å². The molecule has 1 rings (SSSR count). The maximum absolute atomic E-state index is 4.93. The Bertz CT molecular complexity index is 179. The summed E-state index contributed by atoms with van der Waals surface area (Å²) in [5, 5.41) is 0. The number of hydrogen-bond acceptors (Lipinski definition) is 2. The predicted octanol–water partition coefficient (Wildman–Crippen LogP) is 1.75. The van der Waals surface area contributed by atoms with E-state index in [-0.39, 0.29) is 0 Å². The van der Waals surface area contributed by atoms with Crippen molar-refractivity contribution < 1.29 is 4.74 Å². The molecule has 0 aromatic carbocycles. The van der Waals surface area contributed by atoms with E-state index in [0.717, 1.165) is 17.1 Å². The Morgan fingerprint density at radius 2 is 2.40 bits per heavy atom. The van der Waals surface area contributed by atoms with E-state index in [1.165, 1.54) is 0 Å². The van der Waals surface area contributed by atoms with Crippen molar-refractivity contribution in [2.24, 2.45) is 0 Å². The predicted molar refractivity (Wildman–Crippen MR) is 44.8 cm³/mol. The van der Waals surface area contributed by atoms with Crippen LogP contribution in [0, 0.1) is 6.08 Å². The van der Waals surface area contributed by atoms with Crippen LogP contribution >= 0.6 is 12.6 Å². The molecule has 1 aliphatic carbocycles. The van der Waals surface area contributed by atoms with Gasteiger partial charge in [-0.2, -0.15) is 12.6 Å². The first-order valence-electron chi connectivity index (χ1n) is 3.02. The van der Waals surface area contributed by atoms with Crippen LogP contribution in [0.15, 0.2) is 29.6 Å². The molecule has 0 atom stereocenters. The molecule has 0 saturated carbocycles. The average Bonchev–Trinajstić information content (AvgIpc) is 2.05. The molecule has 0 spiro atoms. The molecule has 0 fully saturated rings. The maximum atomic E-state index is 4.93. The minimum absolute atomic E-state index is 0.750. The van der Waals surface area contributed by atoms with Crippen LogP contribution in [0.1, 0.15) is 0 Å². The molecule has 0 heterocycles. The van der Waals surface area contributed by atoms with Crippen LogP contribution in [-0.4, -0.2) is 12.9 Å². The Morgan fingerprint density at radius 3 is 2.80 bits per heavy atom. The second-order valence-corrected chi connectivity index (χ2v) is 2.24. The number of hydrogen-bond donors (Lipinski definition) is 1. The van der Waals surface area contributed by atoms with Crippen molar-refractivity contribution in [1.82, 2.24) is 0 Å². The third kappa shape index (κ3) is 1.63. The van der Waals surface area contributed by atoms with Crippen LogP contribution in [0.2, 0.25) is 0 Å². The van der Waals surface area contributed by atoms with E-state index in [1.54, 1.807) is 7.11 Å². The van der Waals surface area contributed by atoms with Crippen molar-refractivity contribution in [2.75, 3.05) is 12.9 Å². The molecule has 1 nitrogen and oxygen atoms in total. The molecule has 0 aliphatic heterocycles. The Morgan fingerprint density at radius 1 is 1.60 bits per heavy atom. The minimum atomic E-state index is 0.750. The minimum Gasteiger partial charge on any atom is -0.469 e. The fourth-order valence-corrected chi connectivity index (χ4v) is 0.865. The molecule has 0 radical (unpaired) electrons.